The maximum Gasteiger partial charge on any atom is 0.227 e. The van der Waals surface area contributed by atoms with Gasteiger partial charge in [0.15, 0.2) is 0 Å². The van der Waals surface area contributed by atoms with Crippen LogP contribution in [0.15, 0.2) is 60.4 Å². The van der Waals surface area contributed by atoms with Gasteiger partial charge in [-0.25, -0.2) is 15.0 Å². The van der Waals surface area contributed by atoms with Gasteiger partial charge in [0, 0.05) is 42.6 Å². The molecule has 3 heterocycles. The largest absolute Gasteiger partial charge is 0.495 e. The van der Waals surface area contributed by atoms with E-state index in [9.17, 15) is 0 Å². The summed E-state index contributed by atoms with van der Waals surface area (Å²) in [5.74, 6) is 1.17. The van der Waals surface area contributed by atoms with E-state index in [1.54, 1.807) is 13.3 Å². The molecule has 33 heavy (non-hydrogen) atoms. The second kappa shape index (κ2) is 9.30. The molecule has 0 bridgehead atoms. The number of nitrogens with two attached hydrogens (primary N) is 1. The monoisotopic (exact) mass is 448 g/mol. The first-order valence-electron chi connectivity index (χ1n) is 10.9. The summed E-state index contributed by atoms with van der Waals surface area (Å²) in [4.78, 5) is 15.8. The number of rotatable bonds is 8. The molecule has 0 radical (unpaired) electrons. The minimum Gasteiger partial charge on any atom is -0.495 e. The Morgan fingerprint density at radius 1 is 1.27 bits per heavy atom. The zero-order chi connectivity index (χ0) is 23.6. The fourth-order valence-electron chi connectivity index (χ4n) is 4.10. The van der Waals surface area contributed by atoms with Crippen LogP contribution in [0.25, 0.3) is 22.3 Å². The third-order valence-electron chi connectivity index (χ3n) is 6.16. The van der Waals surface area contributed by atoms with Gasteiger partial charge in [0.2, 0.25) is 5.95 Å². The normalized spacial score (nSPS) is 20.6. The Hall–Kier alpha value is -3.27. The Labute approximate surface area is 194 Å². The molecule has 1 aliphatic carbocycles. The number of hydrogen-bond acceptors (Lipinski definition) is 8. The molecule has 9 heteroatoms. The lowest BCUT2D eigenvalue weighted by atomic mass is 9.82. The van der Waals surface area contributed by atoms with E-state index < -0.39 is 5.54 Å². The highest BCUT2D eigenvalue weighted by molar-refractivity contribution is 5.81. The number of nitrogens with one attached hydrogen (secondary N) is 2. The molecule has 0 aliphatic heterocycles. The average Bonchev–Trinajstić information content (AvgIpc) is 3.19. The highest BCUT2D eigenvalue weighted by Gasteiger charge is 2.37. The molecule has 0 spiro atoms. The van der Waals surface area contributed by atoms with Crippen molar-refractivity contribution in [2.24, 2.45) is 12.8 Å². The van der Waals surface area contributed by atoms with Gasteiger partial charge in [0.1, 0.15) is 11.4 Å². The standard InChI is InChI=1S/C24H32N8O/c1-26-24(8-11-31(2)3)14-20(33-5)19(13-21(24)25)30-23-27-9-6-18(29-23)17-12-16-7-10-32(4)22(16)28-15-17/h6-7,9-10,12-15,21,26H,8,11,25H2,1-5H3,(H,27,29,30). The summed E-state index contributed by atoms with van der Waals surface area (Å²) < 4.78 is 7.70. The number of anilines is 1. The Bertz CT molecular complexity index is 1200. The van der Waals surface area contributed by atoms with Crippen LogP contribution in [-0.4, -0.2) is 70.8 Å². The van der Waals surface area contributed by atoms with Gasteiger partial charge in [-0.1, -0.05) is 0 Å². The Morgan fingerprint density at radius 2 is 2.09 bits per heavy atom. The van der Waals surface area contributed by atoms with Crippen LogP contribution in [0, 0.1) is 0 Å². The number of ether oxygens (including phenoxy) is 1. The Balaban J connectivity index is 1.59. The van der Waals surface area contributed by atoms with Crippen LogP contribution < -0.4 is 16.4 Å². The number of aromatic nitrogens is 4. The summed E-state index contributed by atoms with van der Waals surface area (Å²) in [5, 5.41) is 7.76. The predicted molar refractivity (Wildman–Crippen MR) is 131 cm³/mol. The van der Waals surface area contributed by atoms with Crippen LogP contribution in [0.2, 0.25) is 0 Å². The molecule has 3 aromatic heterocycles. The molecular weight excluding hydrogens is 416 g/mol. The Kier molecular flexibility index (Phi) is 6.46. The summed E-state index contributed by atoms with van der Waals surface area (Å²) >= 11 is 0. The summed E-state index contributed by atoms with van der Waals surface area (Å²) in [7, 11) is 9.67. The van der Waals surface area contributed by atoms with Crippen LogP contribution in [0.4, 0.5) is 5.95 Å². The molecular formula is C24H32N8O. The first-order valence-corrected chi connectivity index (χ1v) is 10.9. The van der Waals surface area contributed by atoms with Crippen molar-refractivity contribution in [3.8, 4) is 11.3 Å². The molecule has 4 rings (SSSR count). The van der Waals surface area contributed by atoms with Gasteiger partial charge in [-0.2, -0.15) is 0 Å². The fourth-order valence-corrected chi connectivity index (χ4v) is 4.10. The lowest BCUT2D eigenvalue weighted by Gasteiger charge is -2.39. The molecule has 0 fully saturated rings. The first kappa shape index (κ1) is 22.9. The van der Waals surface area contributed by atoms with Crippen LogP contribution >= 0.6 is 0 Å². The topological polar surface area (TPSA) is 106 Å². The van der Waals surface area contributed by atoms with Gasteiger partial charge in [-0.15, -0.1) is 0 Å². The molecule has 4 N–H and O–H groups in total. The third kappa shape index (κ3) is 4.61. The molecule has 0 saturated carbocycles. The van der Waals surface area contributed by atoms with Crippen molar-refractivity contribution >= 4 is 17.0 Å². The van der Waals surface area contributed by atoms with E-state index in [0.717, 1.165) is 41.0 Å². The average molecular weight is 449 g/mol. The van der Waals surface area contributed by atoms with Crippen LogP contribution in [0.5, 0.6) is 0 Å². The number of fused-ring (bicyclic) bond motifs is 1. The van der Waals surface area contributed by atoms with Crippen LogP contribution in [0.1, 0.15) is 6.42 Å². The van der Waals surface area contributed by atoms with Crippen LogP contribution in [-0.2, 0) is 11.8 Å². The summed E-state index contributed by atoms with van der Waals surface area (Å²) in [6, 6.07) is 5.74. The van der Waals surface area contributed by atoms with E-state index in [2.05, 4.69) is 51.7 Å². The molecule has 9 nitrogen and oxygen atoms in total. The van der Waals surface area contributed by atoms with Crippen molar-refractivity contribution in [2.45, 2.75) is 18.0 Å². The predicted octanol–water partition coefficient (Wildman–Crippen LogP) is 2.11. The van der Waals surface area contributed by atoms with Gasteiger partial charge in [0.05, 0.1) is 24.0 Å². The van der Waals surface area contributed by atoms with Crippen molar-refractivity contribution in [3.05, 3.63) is 60.4 Å². The van der Waals surface area contributed by atoms with Crippen molar-refractivity contribution in [1.82, 2.24) is 29.7 Å². The highest BCUT2D eigenvalue weighted by atomic mass is 16.5. The molecule has 1 aliphatic rings. The van der Waals surface area contributed by atoms with E-state index >= 15 is 0 Å². The van der Waals surface area contributed by atoms with Crippen molar-refractivity contribution in [1.29, 1.82) is 0 Å². The van der Waals surface area contributed by atoms with Crippen molar-refractivity contribution in [3.63, 3.8) is 0 Å². The van der Waals surface area contributed by atoms with E-state index in [4.69, 9.17) is 15.5 Å². The maximum atomic E-state index is 6.60. The quantitative estimate of drug-likeness (QED) is 0.481. The van der Waals surface area contributed by atoms with Gasteiger partial charge in [0.25, 0.3) is 0 Å². The van der Waals surface area contributed by atoms with Crippen molar-refractivity contribution in [2.75, 3.05) is 40.1 Å². The number of pyridine rings is 1. The number of methoxy groups -OCH3 is 1. The van der Waals surface area contributed by atoms with Gasteiger partial charge in [-0.3, -0.25) is 0 Å². The van der Waals surface area contributed by atoms with Gasteiger partial charge < -0.3 is 30.6 Å². The summed E-state index contributed by atoms with van der Waals surface area (Å²) in [6.45, 7) is 0.892. The number of likely N-dealkylation sites (N-methyl/N-ethyl adjacent to an activating group) is 1. The molecule has 3 aromatic rings. The summed E-state index contributed by atoms with van der Waals surface area (Å²) in [6.07, 6.45) is 10.4. The molecule has 0 saturated heterocycles. The zero-order valence-electron chi connectivity index (χ0n) is 19.8. The lowest BCUT2D eigenvalue weighted by Crippen LogP contribution is -2.57. The van der Waals surface area contributed by atoms with Crippen LogP contribution in [0.3, 0.4) is 0 Å². The molecule has 174 valence electrons. The second-order valence-electron chi connectivity index (χ2n) is 8.62. The zero-order valence-corrected chi connectivity index (χ0v) is 19.8. The third-order valence-corrected chi connectivity index (χ3v) is 6.16. The number of hydrogen-bond donors (Lipinski definition) is 3. The van der Waals surface area contributed by atoms with Crippen molar-refractivity contribution < 1.29 is 4.74 Å². The van der Waals surface area contributed by atoms with E-state index in [-0.39, 0.29) is 6.04 Å². The molecule has 2 atom stereocenters. The lowest BCUT2D eigenvalue weighted by molar-refractivity contribution is 0.260. The van der Waals surface area contributed by atoms with Gasteiger partial charge in [-0.05, 0) is 64.5 Å². The van der Waals surface area contributed by atoms with E-state index in [1.807, 2.05) is 49.3 Å². The number of nitrogens with zero attached hydrogens (tertiary/aromatic N) is 5. The first-order chi connectivity index (χ1) is 15.8. The van der Waals surface area contributed by atoms with E-state index in [0.29, 0.717) is 11.7 Å². The maximum absolute atomic E-state index is 6.60. The fraction of sp³-hybridized carbons (Fsp3) is 0.375. The molecule has 2 unspecified atom stereocenters. The van der Waals surface area contributed by atoms with Gasteiger partial charge >= 0.3 is 0 Å². The summed E-state index contributed by atoms with van der Waals surface area (Å²) in [5.41, 5.74) is 9.58. The minimum atomic E-state index is -0.403. The molecule has 0 amide bonds. The SMILES string of the molecule is CNC1(CCN(C)C)C=C(OC)C(Nc2nccc(-c3cnc4c(ccn4C)c3)n2)=CC1N. The van der Waals surface area contributed by atoms with E-state index in [1.165, 1.54) is 0 Å². The highest BCUT2D eigenvalue weighted by Crippen LogP contribution is 2.30. The smallest absolute Gasteiger partial charge is 0.227 e. The molecule has 0 aromatic carbocycles. The Morgan fingerprint density at radius 3 is 2.82 bits per heavy atom. The number of aryl methyl sites for hydroxylation is 1. The second-order valence-corrected chi connectivity index (χ2v) is 8.62. The minimum absolute atomic E-state index is 0.253.